The van der Waals surface area contributed by atoms with E-state index in [1.165, 1.54) is 6.07 Å². The molecule has 0 spiro atoms. The Hall–Kier alpha value is -2.21. The standard InChI is InChI=1S/C18H19BrFN3O/c1-4-9-23(12-14-10-15(19)5-6-16(14)20)18(24)13-7-8-21-17(11-13)22(2)3/h4-8,10-11H,1,9,12H2,2-3H3. The Morgan fingerprint density at radius 1 is 1.33 bits per heavy atom. The van der Waals surface area contributed by atoms with Gasteiger partial charge in [0.2, 0.25) is 0 Å². The molecule has 0 unspecified atom stereocenters. The van der Waals surface area contributed by atoms with Gasteiger partial charge in [-0.15, -0.1) is 6.58 Å². The highest BCUT2D eigenvalue weighted by Gasteiger charge is 2.18. The molecule has 0 atom stereocenters. The van der Waals surface area contributed by atoms with E-state index in [0.29, 0.717) is 23.5 Å². The minimum atomic E-state index is -0.344. The first-order valence-electron chi connectivity index (χ1n) is 7.40. The van der Waals surface area contributed by atoms with Crippen LogP contribution in [0.5, 0.6) is 0 Å². The summed E-state index contributed by atoms with van der Waals surface area (Å²) in [4.78, 5) is 20.4. The van der Waals surface area contributed by atoms with E-state index in [4.69, 9.17) is 0 Å². The lowest BCUT2D eigenvalue weighted by Crippen LogP contribution is -2.31. The Morgan fingerprint density at radius 2 is 2.08 bits per heavy atom. The summed E-state index contributed by atoms with van der Waals surface area (Å²) < 4.78 is 14.8. The second-order valence-corrected chi connectivity index (χ2v) is 6.42. The van der Waals surface area contributed by atoms with E-state index in [0.717, 1.165) is 4.47 Å². The smallest absolute Gasteiger partial charge is 0.254 e. The van der Waals surface area contributed by atoms with Crippen LogP contribution >= 0.6 is 15.9 Å². The Bertz CT molecular complexity index is 749. The SMILES string of the molecule is C=CCN(Cc1cc(Br)ccc1F)C(=O)c1ccnc(N(C)C)c1. The first kappa shape index (κ1) is 18.1. The summed E-state index contributed by atoms with van der Waals surface area (Å²) >= 11 is 3.33. The fraction of sp³-hybridized carbons (Fsp3) is 0.222. The first-order valence-corrected chi connectivity index (χ1v) is 8.19. The molecule has 0 fully saturated rings. The van der Waals surface area contributed by atoms with Crippen molar-refractivity contribution in [3.05, 3.63) is 70.6 Å². The van der Waals surface area contributed by atoms with Gasteiger partial charge < -0.3 is 9.80 Å². The number of benzene rings is 1. The Labute approximate surface area is 149 Å². The molecule has 0 bridgehead atoms. The van der Waals surface area contributed by atoms with Crippen molar-refractivity contribution in [1.82, 2.24) is 9.88 Å². The maximum atomic E-state index is 14.0. The van der Waals surface area contributed by atoms with Crippen LogP contribution in [0.2, 0.25) is 0 Å². The highest BCUT2D eigenvalue weighted by molar-refractivity contribution is 9.10. The molecular weight excluding hydrogens is 373 g/mol. The van der Waals surface area contributed by atoms with Crippen LogP contribution in [0.15, 0.2) is 53.7 Å². The van der Waals surface area contributed by atoms with E-state index in [9.17, 15) is 9.18 Å². The number of carbonyl (C=O) groups excluding carboxylic acids is 1. The molecular formula is C18H19BrFN3O. The number of aromatic nitrogens is 1. The van der Waals surface area contributed by atoms with Crippen molar-refractivity contribution in [3.63, 3.8) is 0 Å². The number of nitrogens with zero attached hydrogens (tertiary/aromatic N) is 3. The maximum absolute atomic E-state index is 14.0. The molecule has 1 amide bonds. The van der Waals surface area contributed by atoms with E-state index in [-0.39, 0.29) is 18.3 Å². The number of hydrogen-bond acceptors (Lipinski definition) is 3. The lowest BCUT2D eigenvalue weighted by atomic mass is 10.1. The monoisotopic (exact) mass is 391 g/mol. The third kappa shape index (κ3) is 4.41. The molecule has 1 aromatic heterocycles. The largest absolute Gasteiger partial charge is 0.363 e. The maximum Gasteiger partial charge on any atom is 0.254 e. The van der Waals surface area contributed by atoms with Crippen molar-refractivity contribution >= 4 is 27.7 Å². The van der Waals surface area contributed by atoms with Gasteiger partial charge in [0.25, 0.3) is 5.91 Å². The summed E-state index contributed by atoms with van der Waals surface area (Å²) in [6.07, 6.45) is 3.22. The number of carbonyl (C=O) groups is 1. The molecule has 1 heterocycles. The quantitative estimate of drug-likeness (QED) is 0.701. The van der Waals surface area contributed by atoms with E-state index in [1.54, 1.807) is 41.4 Å². The molecule has 1 aromatic carbocycles. The van der Waals surface area contributed by atoms with E-state index < -0.39 is 0 Å². The topological polar surface area (TPSA) is 36.4 Å². The molecule has 0 saturated heterocycles. The van der Waals surface area contributed by atoms with Crippen molar-refractivity contribution in [2.75, 3.05) is 25.5 Å². The van der Waals surface area contributed by atoms with Crippen LogP contribution in [-0.4, -0.2) is 36.4 Å². The van der Waals surface area contributed by atoms with Crippen LogP contribution in [0, 0.1) is 5.82 Å². The number of pyridine rings is 1. The van der Waals surface area contributed by atoms with Crippen LogP contribution in [0.4, 0.5) is 10.2 Å². The molecule has 0 N–H and O–H groups in total. The van der Waals surface area contributed by atoms with E-state index in [2.05, 4.69) is 27.5 Å². The van der Waals surface area contributed by atoms with Crippen molar-refractivity contribution in [2.45, 2.75) is 6.54 Å². The van der Waals surface area contributed by atoms with Crippen molar-refractivity contribution in [1.29, 1.82) is 0 Å². The van der Waals surface area contributed by atoms with Gasteiger partial charge in [0.05, 0.1) is 0 Å². The van der Waals surface area contributed by atoms with Crippen LogP contribution in [0.25, 0.3) is 0 Å². The van der Waals surface area contributed by atoms with Gasteiger partial charge >= 0.3 is 0 Å². The Balaban J connectivity index is 2.29. The summed E-state index contributed by atoms with van der Waals surface area (Å²) in [6.45, 7) is 4.17. The summed E-state index contributed by atoms with van der Waals surface area (Å²) in [7, 11) is 3.71. The molecule has 6 heteroatoms. The fourth-order valence-corrected chi connectivity index (χ4v) is 2.63. The first-order chi connectivity index (χ1) is 11.4. The van der Waals surface area contributed by atoms with E-state index in [1.807, 2.05) is 19.0 Å². The Kier molecular flexibility index (Phi) is 6.09. The molecule has 0 saturated carbocycles. The molecule has 126 valence electrons. The molecule has 0 aliphatic heterocycles. The van der Waals surface area contributed by atoms with Crippen LogP contribution < -0.4 is 4.90 Å². The highest BCUT2D eigenvalue weighted by Crippen LogP contribution is 2.19. The molecule has 4 nitrogen and oxygen atoms in total. The average Bonchev–Trinajstić information content (AvgIpc) is 2.57. The number of hydrogen-bond donors (Lipinski definition) is 0. The van der Waals surface area contributed by atoms with Crippen LogP contribution in [-0.2, 0) is 6.54 Å². The van der Waals surface area contributed by atoms with Crippen molar-refractivity contribution in [3.8, 4) is 0 Å². The summed E-state index contributed by atoms with van der Waals surface area (Å²) in [5.41, 5.74) is 0.951. The zero-order valence-corrected chi connectivity index (χ0v) is 15.3. The summed E-state index contributed by atoms with van der Waals surface area (Å²) in [5, 5.41) is 0. The third-order valence-corrected chi connectivity index (χ3v) is 3.95. The average molecular weight is 392 g/mol. The van der Waals surface area contributed by atoms with Gasteiger partial charge in [-0.05, 0) is 30.3 Å². The van der Waals surface area contributed by atoms with Crippen LogP contribution in [0.3, 0.4) is 0 Å². The van der Waals surface area contributed by atoms with Crippen molar-refractivity contribution < 1.29 is 9.18 Å². The van der Waals surface area contributed by atoms with Crippen LogP contribution in [0.1, 0.15) is 15.9 Å². The predicted molar refractivity (Wildman–Crippen MR) is 97.6 cm³/mol. The zero-order valence-electron chi connectivity index (χ0n) is 13.7. The number of rotatable bonds is 6. The predicted octanol–water partition coefficient (Wildman–Crippen LogP) is 3.88. The third-order valence-electron chi connectivity index (χ3n) is 3.46. The van der Waals surface area contributed by atoms with Gasteiger partial charge in [0, 0.05) is 49.0 Å². The van der Waals surface area contributed by atoms with Crippen molar-refractivity contribution in [2.24, 2.45) is 0 Å². The number of halogens is 2. The lowest BCUT2D eigenvalue weighted by Gasteiger charge is -2.22. The second kappa shape index (κ2) is 8.06. The van der Waals surface area contributed by atoms with Gasteiger partial charge in [-0.25, -0.2) is 9.37 Å². The fourth-order valence-electron chi connectivity index (χ4n) is 2.22. The Morgan fingerprint density at radius 3 is 2.75 bits per heavy atom. The number of anilines is 1. The van der Waals surface area contributed by atoms with E-state index >= 15 is 0 Å². The molecule has 24 heavy (non-hydrogen) atoms. The minimum Gasteiger partial charge on any atom is -0.363 e. The zero-order chi connectivity index (χ0) is 17.7. The molecule has 2 rings (SSSR count). The van der Waals surface area contributed by atoms with Gasteiger partial charge in [-0.3, -0.25) is 4.79 Å². The lowest BCUT2D eigenvalue weighted by molar-refractivity contribution is 0.0761. The minimum absolute atomic E-state index is 0.162. The normalized spacial score (nSPS) is 10.3. The molecule has 2 aromatic rings. The molecule has 0 aliphatic carbocycles. The number of amides is 1. The van der Waals surface area contributed by atoms with Gasteiger partial charge in [-0.1, -0.05) is 22.0 Å². The summed E-state index contributed by atoms with van der Waals surface area (Å²) in [6, 6.07) is 8.06. The highest BCUT2D eigenvalue weighted by atomic mass is 79.9. The van der Waals surface area contributed by atoms with Gasteiger partial charge in [0.15, 0.2) is 0 Å². The van der Waals surface area contributed by atoms with Gasteiger partial charge in [-0.2, -0.15) is 0 Å². The molecule has 0 radical (unpaired) electrons. The molecule has 0 aliphatic rings. The van der Waals surface area contributed by atoms with Gasteiger partial charge in [0.1, 0.15) is 11.6 Å². The second-order valence-electron chi connectivity index (χ2n) is 5.51. The summed E-state index contributed by atoms with van der Waals surface area (Å²) in [5.74, 6) is 0.150.